The lowest BCUT2D eigenvalue weighted by atomic mass is 10.0. The minimum Gasteiger partial charge on any atom is -0.391 e. The Morgan fingerprint density at radius 3 is 2.86 bits per heavy atom. The van der Waals surface area contributed by atoms with Gasteiger partial charge in [0.25, 0.3) is 0 Å². The summed E-state index contributed by atoms with van der Waals surface area (Å²) in [5.41, 5.74) is 3.13. The molecule has 2 aromatic rings. The molecule has 1 amide bonds. The highest BCUT2D eigenvalue weighted by molar-refractivity contribution is 5.78. The van der Waals surface area contributed by atoms with Crippen molar-refractivity contribution in [2.45, 2.75) is 44.8 Å². The summed E-state index contributed by atoms with van der Waals surface area (Å²) in [6.45, 7) is 6.49. The summed E-state index contributed by atoms with van der Waals surface area (Å²) in [6, 6.07) is 6.28. The fraction of sp³-hybridized carbons (Fsp3) is 0.619. The van der Waals surface area contributed by atoms with Gasteiger partial charge in [0.05, 0.1) is 30.4 Å². The van der Waals surface area contributed by atoms with E-state index in [0.29, 0.717) is 19.4 Å². The van der Waals surface area contributed by atoms with Crippen LogP contribution in [-0.4, -0.2) is 82.3 Å². The zero-order valence-corrected chi connectivity index (χ0v) is 16.6. The Hall–Kier alpha value is -1.96. The van der Waals surface area contributed by atoms with Gasteiger partial charge in [-0.15, -0.1) is 0 Å². The normalized spacial score (nSPS) is 24.4. The van der Waals surface area contributed by atoms with Gasteiger partial charge < -0.3 is 19.7 Å². The number of nitrogens with zero attached hydrogens (tertiary/aromatic N) is 3. The Morgan fingerprint density at radius 2 is 2.04 bits per heavy atom. The minimum atomic E-state index is -0.373. The molecule has 0 unspecified atom stereocenters. The first-order valence-corrected chi connectivity index (χ1v) is 10.3. The van der Waals surface area contributed by atoms with Crippen LogP contribution in [0.3, 0.4) is 0 Å². The van der Waals surface area contributed by atoms with Gasteiger partial charge in [-0.3, -0.25) is 9.69 Å². The number of carbonyl (C=O) groups excluding carboxylic acids is 1. The molecule has 0 saturated carbocycles. The fourth-order valence-corrected chi connectivity index (χ4v) is 4.41. The topological polar surface area (TPSA) is 81.7 Å². The zero-order chi connectivity index (χ0) is 19.5. The maximum absolute atomic E-state index is 12.8. The van der Waals surface area contributed by atoms with E-state index in [1.165, 1.54) is 0 Å². The molecule has 0 radical (unpaired) electrons. The van der Waals surface area contributed by atoms with Crippen LogP contribution in [0.15, 0.2) is 18.2 Å². The van der Waals surface area contributed by atoms with E-state index in [4.69, 9.17) is 4.74 Å². The third kappa shape index (κ3) is 4.37. The number of aryl methyl sites for hydroxylation is 2. The van der Waals surface area contributed by atoms with Gasteiger partial charge >= 0.3 is 0 Å². The number of aromatic nitrogens is 2. The number of imidazole rings is 1. The van der Waals surface area contributed by atoms with Crippen molar-refractivity contribution in [2.24, 2.45) is 0 Å². The van der Waals surface area contributed by atoms with Crippen LogP contribution in [0.5, 0.6) is 0 Å². The van der Waals surface area contributed by atoms with E-state index in [-0.39, 0.29) is 18.1 Å². The van der Waals surface area contributed by atoms with Crippen molar-refractivity contribution in [1.82, 2.24) is 19.8 Å². The molecule has 3 heterocycles. The van der Waals surface area contributed by atoms with Crippen LogP contribution < -0.4 is 0 Å². The molecule has 7 nitrogen and oxygen atoms in total. The van der Waals surface area contributed by atoms with Gasteiger partial charge in [0.2, 0.25) is 5.91 Å². The molecule has 4 rings (SSSR count). The second-order valence-electron chi connectivity index (χ2n) is 7.91. The van der Waals surface area contributed by atoms with E-state index < -0.39 is 0 Å². The number of hydrogen-bond acceptors (Lipinski definition) is 5. The third-order valence-corrected chi connectivity index (χ3v) is 5.99. The molecule has 2 aliphatic rings. The van der Waals surface area contributed by atoms with Gasteiger partial charge in [-0.2, -0.15) is 0 Å². The smallest absolute Gasteiger partial charge is 0.222 e. The SMILES string of the molecule is Cc1nc2ccc(CCC(=O)N3CC[C@H](O)[C@@H](N4CCOCC4)CC3)cc2[nH]1. The summed E-state index contributed by atoms with van der Waals surface area (Å²) in [7, 11) is 0. The number of nitrogens with one attached hydrogen (secondary N) is 1. The van der Waals surface area contributed by atoms with E-state index in [1.54, 1.807) is 0 Å². The Bertz CT molecular complexity index is 815. The second kappa shape index (κ2) is 8.59. The summed E-state index contributed by atoms with van der Waals surface area (Å²) in [6.07, 6.45) is 2.32. The van der Waals surface area contributed by atoms with Gasteiger partial charge in [0.15, 0.2) is 0 Å². The number of amides is 1. The molecular formula is C21H30N4O3. The number of aliphatic hydroxyl groups excluding tert-OH is 1. The number of benzene rings is 1. The molecule has 2 N–H and O–H groups in total. The standard InChI is InChI=1S/C21H30N4O3/c1-15-22-17-4-2-16(14-18(17)23-15)3-5-21(27)25-8-6-19(20(26)7-9-25)24-10-12-28-13-11-24/h2,4,14,19-20,26H,3,5-13H2,1H3,(H,22,23)/t19-,20-/m0/s1. The summed E-state index contributed by atoms with van der Waals surface area (Å²) >= 11 is 0. The average molecular weight is 386 g/mol. The fourth-order valence-electron chi connectivity index (χ4n) is 4.41. The number of likely N-dealkylation sites (tertiary alicyclic amines) is 1. The van der Waals surface area contributed by atoms with E-state index in [0.717, 1.165) is 68.1 Å². The van der Waals surface area contributed by atoms with Crippen LogP contribution in [0.1, 0.15) is 30.7 Å². The number of H-pyrrole nitrogens is 1. The summed E-state index contributed by atoms with van der Waals surface area (Å²) in [5.74, 6) is 1.08. The molecule has 28 heavy (non-hydrogen) atoms. The lowest BCUT2D eigenvalue weighted by Gasteiger charge is -2.36. The Balaban J connectivity index is 1.32. The third-order valence-electron chi connectivity index (χ3n) is 5.99. The highest BCUT2D eigenvalue weighted by atomic mass is 16.5. The molecule has 2 atom stereocenters. The van der Waals surface area contributed by atoms with Crippen LogP contribution in [0.25, 0.3) is 11.0 Å². The van der Waals surface area contributed by atoms with Gasteiger partial charge in [-0.05, 0) is 43.9 Å². The van der Waals surface area contributed by atoms with Crippen LogP contribution in [-0.2, 0) is 16.0 Å². The Kier molecular flexibility index (Phi) is 5.94. The first kappa shape index (κ1) is 19.4. The van der Waals surface area contributed by atoms with Gasteiger partial charge in [0.1, 0.15) is 5.82 Å². The number of carbonyl (C=O) groups is 1. The average Bonchev–Trinajstić information content (AvgIpc) is 2.96. The predicted molar refractivity (Wildman–Crippen MR) is 107 cm³/mol. The lowest BCUT2D eigenvalue weighted by molar-refractivity contribution is -0.131. The highest BCUT2D eigenvalue weighted by Crippen LogP contribution is 2.20. The number of ether oxygens (including phenoxy) is 1. The van der Waals surface area contributed by atoms with Crippen molar-refractivity contribution in [3.05, 3.63) is 29.6 Å². The summed E-state index contributed by atoms with van der Waals surface area (Å²) in [4.78, 5) is 24.7. The summed E-state index contributed by atoms with van der Waals surface area (Å²) in [5, 5.41) is 10.6. The summed E-state index contributed by atoms with van der Waals surface area (Å²) < 4.78 is 5.42. The van der Waals surface area contributed by atoms with Gasteiger partial charge in [-0.1, -0.05) is 6.07 Å². The zero-order valence-electron chi connectivity index (χ0n) is 16.6. The quantitative estimate of drug-likeness (QED) is 0.832. The first-order valence-electron chi connectivity index (χ1n) is 10.3. The van der Waals surface area contributed by atoms with Crippen molar-refractivity contribution in [1.29, 1.82) is 0 Å². The first-order chi connectivity index (χ1) is 13.6. The van der Waals surface area contributed by atoms with Crippen molar-refractivity contribution < 1.29 is 14.6 Å². The molecule has 2 saturated heterocycles. The molecule has 0 spiro atoms. The number of rotatable bonds is 4. The van der Waals surface area contributed by atoms with Crippen LogP contribution in [0.4, 0.5) is 0 Å². The minimum absolute atomic E-state index is 0.132. The number of aromatic amines is 1. The molecule has 2 fully saturated rings. The molecule has 2 aliphatic heterocycles. The Labute approximate surface area is 165 Å². The van der Waals surface area contributed by atoms with E-state index in [2.05, 4.69) is 27.0 Å². The second-order valence-corrected chi connectivity index (χ2v) is 7.91. The van der Waals surface area contributed by atoms with Crippen LogP contribution in [0.2, 0.25) is 0 Å². The van der Waals surface area contributed by atoms with Crippen molar-refractivity contribution >= 4 is 16.9 Å². The van der Waals surface area contributed by atoms with E-state index in [9.17, 15) is 9.90 Å². The van der Waals surface area contributed by atoms with Crippen molar-refractivity contribution in [3.8, 4) is 0 Å². The lowest BCUT2D eigenvalue weighted by Crippen LogP contribution is -2.49. The maximum Gasteiger partial charge on any atom is 0.222 e. The van der Waals surface area contributed by atoms with Crippen LogP contribution in [0, 0.1) is 6.92 Å². The number of aliphatic hydroxyl groups is 1. The molecule has 0 aliphatic carbocycles. The van der Waals surface area contributed by atoms with Crippen LogP contribution >= 0.6 is 0 Å². The molecule has 152 valence electrons. The maximum atomic E-state index is 12.8. The van der Waals surface area contributed by atoms with E-state index in [1.807, 2.05) is 17.9 Å². The number of fused-ring (bicyclic) bond motifs is 1. The molecule has 7 heteroatoms. The van der Waals surface area contributed by atoms with Gasteiger partial charge in [-0.25, -0.2) is 4.98 Å². The molecule has 1 aromatic heterocycles. The van der Waals surface area contributed by atoms with Gasteiger partial charge in [0, 0.05) is 38.6 Å². The molecule has 0 bridgehead atoms. The van der Waals surface area contributed by atoms with Crippen molar-refractivity contribution in [3.63, 3.8) is 0 Å². The largest absolute Gasteiger partial charge is 0.391 e. The van der Waals surface area contributed by atoms with Crippen molar-refractivity contribution in [2.75, 3.05) is 39.4 Å². The number of morpholine rings is 1. The van der Waals surface area contributed by atoms with E-state index >= 15 is 0 Å². The predicted octanol–water partition coefficient (Wildman–Crippen LogP) is 1.49. The molecular weight excluding hydrogens is 356 g/mol. The number of hydrogen-bond donors (Lipinski definition) is 2. The Morgan fingerprint density at radius 1 is 1.25 bits per heavy atom. The highest BCUT2D eigenvalue weighted by Gasteiger charge is 2.31. The molecule has 1 aromatic carbocycles. The monoisotopic (exact) mass is 386 g/mol.